The maximum Gasteiger partial charge on any atom is 0.331 e. The van der Waals surface area contributed by atoms with Crippen LogP contribution in [-0.4, -0.2) is 56.3 Å². The van der Waals surface area contributed by atoms with Crippen molar-refractivity contribution < 1.29 is 34.8 Å². The molecule has 0 spiro atoms. The maximum atomic E-state index is 12.7. The van der Waals surface area contributed by atoms with E-state index < -0.39 is 34.1 Å². The van der Waals surface area contributed by atoms with Gasteiger partial charge in [0.25, 0.3) is 0 Å². The minimum atomic E-state index is -1.44. The third-order valence-electron chi connectivity index (χ3n) is 9.94. The lowest BCUT2D eigenvalue weighted by Gasteiger charge is -2.65. The van der Waals surface area contributed by atoms with Crippen LogP contribution in [0.25, 0.3) is 0 Å². The van der Waals surface area contributed by atoms with Crippen LogP contribution < -0.4 is 0 Å². The Balaban J connectivity index is 1.54. The smallest absolute Gasteiger partial charge is 0.331 e. The van der Waals surface area contributed by atoms with Gasteiger partial charge in [0.2, 0.25) is 0 Å². The fourth-order valence-corrected chi connectivity index (χ4v) is 8.49. The summed E-state index contributed by atoms with van der Waals surface area (Å²) in [6, 6.07) is 0. The van der Waals surface area contributed by atoms with Crippen molar-refractivity contribution in [1.29, 1.82) is 0 Å². The van der Waals surface area contributed by atoms with Gasteiger partial charge in [-0.25, -0.2) is 4.79 Å². The van der Waals surface area contributed by atoms with E-state index in [1.54, 1.807) is 6.08 Å². The number of aliphatic carboxylic acids is 1. The van der Waals surface area contributed by atoms with Gasteiger partial charge in [-0.3, -0.25) is 4.79 Å². The molecule has 1 aliphatic heterocycles. The molecule has 1 heterocycles. The molecule has 4 fully saturated rings. The van der Waals surface area contributed by atoms with Crippen LogP contribution in [0, 0.1) is 28.6 Å². The van der Waals surface area contributed by atoms with E-state index in [-0.39, 0.29) is 49.6 Å². The molecule has 30 heavy (non-hydrogen) atoms. The summed E-state index contributed by atoms with van der Waals surface area (Å²) in [6.07, 6.45) is 5.00. The average molecular weight is 421 g/mol. The zero-order valence-corrected chi connectivity index (χ0v) is 17.5. The molecule has 4 saturated carbocycles. The topological polar surface area (TPSA) is 124 Å². The molecule has 7 heteroatoms. The fourth-order valence-electron chi connectivity index (χ4n) is 8.49. The summed E-state index contributed by atoms with van der Waals surface area (Å²) in [6.45, 7) is 2.36. The Bertz CT molecular complexity index is 822. The standard InChI is InChI=1S/C23H32O7/c1-20-6-3-16-17(23(20,29)9-5-15(20)13-10-18(25)30-12-13)4-7-21(28)11-14(24)2-8-22(16,21)19(26)27/h10,14-17,24,28-29H,2-9,11-12H2,1H3,(H,26,27). The normalized spacial score (nSPS) is 52.7. The van der Waals surface area contributed by atoms with E-state index in [0.29, 0.717) is 32.1 Å². The van der Waals surface area contributed by atoms with Crippen LogP contribution in [0.4, 0.5) is 0 Å². The van der Waals surface area contributed by atoms with Crippen molar-refractivity contribution in [3.63, 3.8) is 0 Å². The first-order valence-corrected chi connectivity index (χ1v) is 11.3. The lowest BCUT2D eigenvalue weighted by molar-refractivity contribution is -0.260. The first kappa shape index (κ1) is 20.5. The van der Waals surface area contributed by atoms with E-state index in [0.717, 1.165) is 12.0 Å². The molecule has 0 aromatic rings. The van der Waals surface area contributed by atoms with Crippen molar-refractivity contribution in [1.82, 2.24) is 0 Å². The van der Waals surface area contributed by atoms with E-state index in [9.17, 15) is 30.0 Å². The van der Waals surface area contributed by atoms with Crippen LogP contribution in [0.2, 0.25) is 0 Å². The van der Waals surface area contributed by atoms with Crippen LogP contribution >= 0.6 is 0 Å². The maximum absolute atomic E-state index is 12.7. The minimum absolute atomic E-state index is 0.0460. The quantitative estimate of drug-likeness (QED) is 0.502. The number of ether oxygens (including phenoxy) is 1. The number of carbonyl (C=O) groups excluding carboxylic acids is 1. The predicted octanol–water partition coefficient (Wildman–Crippen LogP) is 1.78. The largest absolute Gasteiger partial charge is 0.481 e. The Morgan fingerprint density at radius 3 is 2.47 bits per heavy atom. The van der Waals surface area contributed by atoms with Gasteiger partial charge in [0, 0.05) is 17.9 Å². The van der Waals surface area contributed by atoms with Crippen LogP contribution in [-0.2, 0) is 14.3 Å². The average Bonchev–Trinajstić information content (AvgIpc) is 3.21. The van der Waals surface area contributed by atoms with Crippen molar-refractivity contribution in [2.75, 3.05) is 6.61 Å². The number of carboxylic acid groups (broad SMARTS) is 1. The van der Waals surface area contributed by atoms with Gasteiger partial charge in [0.15, 0.2) is 0 Å². The molecular formula is C23H32O7. The number of cyclic esters (lactones) is 1. The molecule has 0 amide bonds. The second kappa shape index (κ2) is 6.30. The van der Waals surface area contributed by atoms with E-state index >= 15 is 0 Å². The van der Waals surface area contributed by atoms with Gasteiger partial charge in [-0.1, -0.05) is 6.92 Å². The van der Waals surface area contributed by atoms with Crippen LogP contribution in [0.3, 0.4) is 0 Å². The number of fused-ring (bicyclic) bond motifs is 5. The summed E-state index contributed by atoms with van der Waals surface area (Å²) in [5, 5.41) is 44.1. The Labute approximate surface area is 176 Å². The zero-order chi connectivity index (χ0) is 21.5. The molecule has 0 saturated heterocycles. The molecule has 8 atom stereocenters. The monoisotopic (exact) mass is 420 g/mol. The highest BCUT2D eigenvalue weighted by Crippen LogP contribution is 2.70. The third-order valence-corrected chi connectivity index (χ3v) is 9.94. The van der Waals surface area contributed by atoms with Crippen LogP contribution in [0.5, 0.6) is 0 Å². The number of hydrogen-bond donors (Lipinski definition) is 4. The van der Waals surface area contributed by atoms with Crippen molar-refractivity contribution in [3.8, 4) is 0 Å². The first-order chi connectivity index (χ1) is 14.1. The van der Waals surface area contributed by atoms with E-state index in [1.807, 2.05) is 0 Å². The summed E-state index contributed by atoms with van der Waals surface area (Å²) in [5.41, 5.74) is -3.30. The third kappa shape index (κ3) is 2.32. The Morgan fingerprint density at radius 2 is 1.80 bits per heavy atom. The van der Waals surface area contributed by atoms with Gasteiger partial charge in [0.1, 0.15) is 6.61 Å². The molecule has 8 unspecified atom stereocenters. The van der Waals surface area contributed by atoms with Gasteiger partial charge >= 0.3 is 11.9 Å². The van der Waals surface area contributed by atoms with Gasteiger partial charge < -0.3 is 25.2 Å². The zero-order valence-electron chi connectivity index (χ0n) is 17.5. The highest BCUT2D eigenvalue weighted by molar-refractivity contribution is 5.85. The number of aliphatic hydroxyl groups is 3. The molecule has 0 radical (unpaired) electrons. The molecule has 0 aromatic heterocycles. The molecule has 0 aromatic carbocycles. The molecule has 0 bridgehead atoms. The number of carbonyl (C=O) groups is 2. The molecule has 7 nitrogen and oxygen atoms in total. The van der Waals surface area contributed by atoms with Gasteiger partial charge in [-0.15, -0.1) is 0 Å². The number of aliphatic hydroxyl groups excluding tert-OH is 1. The molecule has 5 aliphatic rings. The summed E-state index contributed by atoms with van der Waals surface area (Å²) in [4.78, 5) is 24.3. The number of hydrogen-bond acceptors (Lipinski definition) is 6. The summed E-state index contributed by atoms with van der Waals surface area (Å²) in [7, 11) is 0. The Kier molecular flexibility index (Phi) is 4.30. The molecule has 5 rings (SSSR count). The molecule has 4 N–H and O–H groups in total. The molecule has 166 valence electrons. The molecular weight excluding hydrogens is 388 g/mol. The second-order valence-corrected chi connectivity index (χ2v) is 10.8. The van der Waals surface area contributed by atoms with Crippen LogP contribution in [0.1, 0.15) is 64.7 Å². The highest BCUT2D eigenvalue weighted by atomic mass is 16.5. The number of carboxylic acids is 1. The number of rotatable bonds is 2. The lowest BCUT2D eigenvalue weighted by atomic mass is 9.41. The number of esters is 1. The second-order valence-electron chi connectivity index (χ2n) is 10.8. The van der Waals surface area contributed by atoms with E-state index in [1.165, 1.54) is 0 Å². The Hall–Kier alpha value is -1.44. The summed E-state index contributed by atoms with van der Waals surface area (Å²) >= 11 is 0. The minimum Gasteiger partial charge on any atom is -0.481 e. The first-order valence-electron chi connectivity index (χ1n) is 11.3. The van der Waals surface area contributed by atoms with E-state index in [2.05, 4.69) is 6.92 Å². The van der Waals surface area contributed by atoms with Gasteiger partial charge in [-0.05, 0) is 74.7 Å². The summed E-state index contributed by atoms with van der Waals surface area (Å²) < 4.78 is 5.14. The summed E-state index contributed by atoms with van der Waals surface area (Å²) in [5.74, 6) is -1.82. The van der Waals surface area contributed by atoms with Crippen molar-refractivity contribution in [2.45, 2.75) is 82.0 Å². The predicted molar refractivity (Wildman–Crippen MR) is 105 cm³/mol. The van der Waals surface area contributed by atoms with Crippen molar-refractivity contribution in [3.05, 3.63) is 11.6 Å². The molecule has 4 aliphatic carbocycles. The fraction of sp³-hybridized carbons (Fsp3) is 0.826. The SMILES string of the molecule is CC12CCC3C(CCC4(O)CC(O)CCC34C(=O)O)C1(O)CCC2C1=CC(=O)OC1. The highest BCUT2D eigenvalue weighted by Gasteiger charge is 2.73. The van der Waals surface area contributed by atoms with Crippen LogP contribution in [0.15, 0.2) is 11.6 Å². The van der Waals surface area contributed by atoms with Crippen molar-refractivity contribution >= 4 is 11.9 Å². The Morgan fingerprint density at radius 1 is 1.07 bits per heavy atom. The van der Waals surface area contributed by atoms with Gasteiger partial charge in [0.05, 0.1) is 22.7 Å². The van der Waals surface area contributed by atoms with Gasteiger partial charge in [-0.2, -0.15) is 0 Å². The lowest BCUT2D eigenvalue weighted by Crippen LogP contribution is -2.70. The van der Waals surface area contributed by atoms with Crippen molar-refractivity contribution in [2.24, 2.45) is 28.6 Å². The van der Waals surface area contributed by atoms with E-state index in [4.69, 9.17) is 4.74 Å².